The van der Waals surface area contributed by atoms with Gasteiger partial charge in [0.05, 0.1) is 4.92 Å². The Morgan fingerprint density at radius 2 is 2.25 bits per heavy atom. The van der Waals surface area contributed by atoms with E-state index >= 15 is 0 Å². The molecule has 86 valence electrons. The fourth-order valence-corrected chi connectivity index (χ4v) is 2.03. The Morgan fingerprint density at radius 1 is 1.44 bits per heavy atom. The second-order valence-electron chi connectivity index (χ2n) is 3.67. The number of non-ortho nitro benzene ring substituents is 1. The Morgan fingerprint density at radius 3 is 2.88 bits per heavy atom. The molecule has 1 fully saturated rings. The van der Waals surface area contributed by atoms with Gasteiger partial charge in [0.1, 0.15) is 0 Å². The second kappa shape index (κ2) is 4.78. The third-order valence-corrected chi connectivity index (χ3v) is 2.95. The quantitative estimate of drug-likeness (QED) is 0.608. The molecule has 1 aliphatic heterocycles. The molecular formula is C10H12ClN3O2. The zero-order chi connectivity index (χ0) is 11.5. The number of rotatable bonds is 2. The normalized spacial score (nSPS) is 20.7. The molecule has 0 radical (unpaired) electrons. The molecule has 1 atom stereocenters. The highest BCUT2D eigenvalue weighted by molar-refractivity contribution is 6.31. The maximum atomic E-state index is 10.7. The summed E-state index contributed by atoms with van der Waals surface area (Å²) in [5, 5.41) is 17.7. The monoisotopic (exact) mass is 241 g/mol. The van der Waals surface area contributed by atoms with Crippen molar-refractivity contribution in [3.05, 3.63) is 38.9 Å². The number of benzene rings is 1. The van der Waals surface area contributed by atoms with Crippen molar-refractivity contribution in [2.45, 2.75) is 6.04 Å². The molecule has 1 saturated heterocycles. The largest absolute Gasteiger partial charge is 0.314 e. The summed E-state index contributed by atoms with van der Waals surface area (Å²) >= 11 is 6.04. The van der Waals surface area contributed by atoms with E-state index in [0.717, 1.165) is 25.2 Å². The van der Waals surface area contributed by atoms with Crippen LogP contribution in [0.15, 0.2) is 18.2 Å². The Bertz CT molecular complexity index is 405. The van der Waals surface area contributed by atoms with Crippen LogP contribution in [0.4, 0.5) is 5.69 Å². The Balaban J connectivity index is 2.30. The molecule has 1 aliphatic rings. The number of nitro benzene ring substituents is 1. The lowest BCUT2D eigenvalue weighted by molar-refractivity contribution is -0.384. The summed E-state index contributed by atoms with van der Waals surface area (Å²) in [6.07, 6.45) is 0. The first-order valence-corrected chi connectivity index (χ1v) is 5.44. The van der Waals surface area contributed by atoms with Crippen molar-refractivity contribution >= 4 is 17.3 Å². The predicted molar refractivity (Wildman–Crippen MR) is 61.7 cm³/mol. The van der Waals surface area contributed by atoms with Crippen LogP contribution in [0.2, 0.25) is 5.02 Å². The van der Waals surface area contributed by atoms with Crippen molar-refractivity contribution < 1.29 is 4.92 Å². The van der Waals surface area contributed by atoms with E-state index in [-0.39, 0.29) is 11.7 Å². The number of halogens is 1. The summed E-state index contributed by atoms with van der Waals surface area (Å²) < 4.78 is 0. The molecule has 1 aromatic rings. The van der Waals surface area contributed by atoms with Gasteiger partial charge in [-0.25, -0.2) is 0 Å². The number of piperazine rings is 1. The van der Waals surface area contributed by atoms with E-state index in [2.05, 4.69) is 10.6 Å². The van der Waals surface area contributed by atoms with Crippen molar-refractivity contribution in [3.8, 4) is 0 Å². The van der Waals surface area contributed by atoms with Crippen LogP contribution in [-0.2, 0) is 0 Å². The molecule has 5 nitrogen and oxygen atoms in total. The number of hydrogen-bond donors (Lipinski definition) is 2. The number of nitro groups is 1. The number of nitrogens with one attached hydrogen (secondary N) is 2. The molecule has 0 bridgehead atoms. The van der Waals surface area contributed by atoms with Crippen LogP contribution in [0, 0.1) is 10.1 Å². The summed E-state index contributed by atoms with van der Waals surface area (Å²) in [6.45, 7) is 2.48. The summed E-state index contributed by atoms with van der Waals surface area (Å²) in [5.41, 5.74) is 0.856. The topological polar surface area (TPSA) is 67.2 Å². The Kier molecular flexibility index (Phi) is 3.38. The van der Waals surface area contributed by atoms with Crippen LogP contribution in [0.25, 0.3) is 0 Å². The zero-order valence-corrected chi connectivity index (χ0v) is 9.33. The maximum absolute atomic E-state index is 10.7. The fourth-order valence-electron chi connectivity index (χ4n) is 1.79. The van der Waals surface area contributed by atoms with E-state index in [1.54, 1.807) is 6.07 Å². The minimum absolute atomic E-state index is 0.0427. The lowest BCUT2D eigenvalue weighted by atomic mass is 10.0. The first kappa shape index (κ1) is 11.3. The van der Waals surface area contributed by atoms with E-state index in [1.807, 2.05) is 0 Å². The highest BCUT2D eigenvalue weighted by Crippen LogP contribution is 2.27. The first-order chi connectivity index (χ1) is 7.68. The molecule has 0 aromatic heterocycles. The highest BCUT2D eigenvalue weighted by atomic mass is 35.5. The molecule has 16 heavy (non-hydrogen) atoms. The van der Waals surface area contributed by atoms with Gasteiger partial charge in [-0.1, -0.05) is 11.6 Å². The summed E-state index contributed by atoms with van der Waals surface area (Å²) in [5.74, 6) is 0. The van der Waals surface area contributed by atoms with Gasteiger partial charge in [-0.15, -0.1) is 0 Å². The minimum atomic E-state index is -0.407. The van der Waals surface area contributed by atoms with Gasteiger partial charge in [-0.2, -0.15) is 0 Å². The van der Waals surface area contributed by atoms with Crippen LogP contribution in [-0.4, -0.2) is 24.6 Å². The van der Waals surface area contributed by atoms with Crippen LogP contribution in [0.5, 0.6) is 0 Å². The molecule has 1 aromatic carbocycles. The Hall–Kier alpha value is -1.17. The second-order valence-corrected chi connectivity index (χ2v) is 4.08. The van der Waals surface area contributed by atoms with E-state index in [9.17, 15) is 10.1 Å². The van der Waals surface area contributed by atoms with Crippen molar-refractivity contribution in [1.29, 1.82) is 0 Å². The Labute approximate surface area is 97.9 Å². The highest BCUT2D eigenvalue weighted by Gasteiger charge is 2.19. The molecule has 0 saturated carbocycles. The van der Waals surface area contributed by atoms with Gasteiger partial charge in [-0.05, 0) is 11.6 Å². The van der Waals surface area contributed by atoms with E-state index < -0.39 is 4.92 Å². The summed E-state index contributed by atoms with van der Waals surface area (Å²) in [7, 11) is 0. The smallest absolute Gasteiger partial charge is 0.269 e. The number of nitrogens with zero attached hydrogens (tertiary/aromatic N) is 1. The molecule has 0 aliphatic carbocycles. The molecule has 6 heteroatoms. The van der Waals surface area contributed by atoms with Gasteiger partial charge in [0.25, 0.3) is 5.69 Å². The SMILES string of the molecule is O=[N+]([O-])c1ccc(Cl)c([C@@H]2CNCCN2)c1. The van der Waals surface area contributed by atoms with Crippen molar-refractivity contribution in [2.24, 2.45) is 0 Å². The van der Waals surface area contributed by atoms with Crippen molar-refractivity contribution in [3.63, 3.8) is 0 Å². The van der Waals surface area contributed by atoms with Gasteiger partial charge >= 0.3 is 0 Å². The van der Waals surface area contributed by atoms with Crippen LogP contribution in [0.1, 0.15) is 11.6 Å². The first-order valence-electron chi connectivity index (χ1n) is 5.06. The molecule has 0 amide bonds. The molecule has 2 N–H and O–H groups in total. The van der Waals surface area contributed by atoms with Gasteiger partial charge in [0, 0.05) is 42.8 Å². The third-order valence-electron chi connectivity index (χ3n) is 2.61. The van der Waals surface area contributed by atoms with Gasteiger partial charge < -0.3 is 10.6 Å². The van der Waals surface area contributed by atoms with Crippen LogP contribution < -0.4 is 10.6 Å². The average molecular weight is 242 g/mol. The van der Waals surface area contributed by atoms with Crippen molar-refractivity contribution in [1.82, 2.24) is 10.6 Å². The van der Waals surface area contributed by atoms with Crippen LogP contribution in [0.3, 0.4) is 0 Å². The van der Waals surface area contributed by atoms with E-state index in [4.69, 9.17) is 11.6 Å². The number of hydrogen-bond acceptors (Lipinski definition) is 4. The van der Waals surface area contributed by atoms with Gasteiger partial charge in [0.2, 0.25) is 0 Å². The summed E-state index contributed by atoms with van der Waals surface area (Å²) in [4.78, 5) is 10.3. The molecule has 1 heterocycles. The van der Waals surface area contributed by atoms with Crippen molar-refractivity contribution in [2.75, 3.05) is 19.6 Å². The van der Waals surface area contributed by atoms with E-state index in [1.165, 1.54) is 12.1 Å². The standard InChI is InChI=1S/C10H12ClN3O2/c11-9-2-1-7(14(15)16)5-8(9)10-6-12-3-4-13-10/h1-2,5,10,12-13H,3-4,6H2/t10-/m0/s1. The zero-order valence-electron chi connectivity index (χ0n) is 8.57. The van der Waals surface area contributed by atoms with E-state index in [0.29, 0.717) is 5.02 Å². The maximum Gasteiger partial charge on any atom is 0.269 e. The fraction of sp³-hybridized carbons (Fsp3) is 0.400. The predicted octanol–water partition coefficient (Wildman–Crippen LogP) is 1.48. The lowest BCUT2D eigenvalue weighted by Crippen LogP contribution is -2.42. The van der Waals surface area contributed by atoms with Crippen LogP contribution >= 0.6 is 11.6 Å². The molecule has 2 rings (SSSR count). The van der Waals surface area contributed by atoms with Gasteiger partial charge in [-0.3, -0.25) is 10.1 Å². The average Bonchev–Trinajstić information content (AvgIpc) is 2.30. The molecule has 0 unspecified atom stereocenters. The summed E-state index contributed by atoms with van der Waals surface area (Å²) in [6, 6.07) is 4.57. The lowest BCUT2D eigenvalue weighted by Gasteiger charge is -2.25. The molecule has 0 spiro atoms. The molecular weight excluding hydrogens is 230 g/mol. The third kappa shape index (κ3) is 2.32. The minimum Gasteiger partial charge on any atom is -0.314 e. The van der Waals surface area contributed by atoms with Gasteiger partial charge in [0.15, 0.2) is 0 Å².